The first kappa shape index (κ1) is 48.0. The highest BCUT2D eigenvalue weighted by Gasteiger charge is 2.26. The molecule has 0 aliphatic rings. The molecule has 2 atom stereocenters. The maximum absolute atomic E-state index is 12.6. The topological polar surface area (TPSA) is 91.3 Å². The van der Waals surface area contributed by atoms with Crippen molar-refractivity contribution < 1.29 is 37.3 Å². The highest BCUT2D eigenvalue weighted by atomic mass is 31.2. The molecule has 0 aromatic carbocycles. The highest BCUT2D eigenvalue weighted by Crippen LogP contribution is 2.43. The zero-order valence-corrected chi connectivity index (χ0v) is 33.6. The van der Waals surface area contributed by atoms with Gasteiger partial charge in [-0.25, -0.2) is 4.57 Å². The Morgan fingerprint density at radius 1 is 0.612 bits per heavy atom. The van der Waals surface area contributed by atoms with Crippen molar-refractivity contribution in [1.82, 2.24) is 0 Å². The molecule has 0 saturated heterocycles. The number of hydrogen-bond donors (Lipinski definition) is 1. The molecule has 0 bridgehead atoms. The summed E-state index contributed by atoms with van der Waals surface area (Å²) < 4.78 is 34.9. The number of rotatable bonds is 37. The van der Waals surface area contributed by atoms with Crippen LogP contribution < -0.4 is 0 Å². The van der Waals surface area contributed by atoms with Crippen molar-refractivity contribution in [2.24, 2.45) is 0 Å². The van der Waals surface area contributed by atoms with Gasteiger partial charge in [0.2, 0.25) is 0 Å². The maximum Gasteiger partial charge on any atom is 0.472 e. The summed E-state index contributed by atoms with van der Waals surface area (Å²) in [5, 5.41) is 0. The van der Waals surface area contributed by atoms with Crippen molar-refractivity contribution >= 4 is 13.8 Å². The number of likely N-dealkylation sites (N-methyl/N-ethyl adjacent to an activating group) is 1. The lowest BCUT2D eigenvalue weighted by Crippen LogP contribution is -2.37. The van der Waals surface area contributed by atoms with Crippen molar-refractivity contribution in [3.05, 3.63) is 24.3 Å². The van der Waals surface area contributed by atoms with Crippen molar-refractivity contribution in [3.63, 3.8) is 0 Å². The van der Waals surface area contributed by atoms with E-state index in [1.165, 1.54) is 103 Å². The predicted octanol–water partition coefficient (Wildman–Crippen LogP) is 11.3. The number of quaternary nitrogens is 1. The van der Waals surface area contributed by atoms with Crippen LogP contribution in [0.25, 0.3) is 0 Å². The second-order valence-electron chi connectivity index (χ2n) is 14.7. The average molecular weight is 717 g/mol. The molecule has 0 aliphatic carbocycles. The first-order valence-electron chi connectivity index (χ1n) is 20.1. The largest absolute Gasteiger partial charge is 0.472 e. The van der Waals surface area contributed by atoms with Crippen molar-refractivity contribution in [1.29, 1.82) is 0 Å². The Labute approximate surface area is 303 Å². The third-order valence-electron chi connectivity index (χ3n) is 8.49. The second kappa shape index (κ2) is 34.1. The summed E-state index contributed by atoms with van der Waals surface area (Å²) in [6.45, 7) is 5.57. The molecule has 290 valence electrons. The Morgan fingerprint density at radius 2 is 1.06 bits per heavy atom. The molecule has 0 spiro atoms. The minimum Gasteiger partial charge on any atom is -0.457 e. The fraction of sp³-hybridized carbons (Fsp3) is 0.875. The minimum absolute atomic E-state index is 0.0867. The maximum atomic E-state index is 12.6. The number of hydrogen-bond acceptors (Lipinski definition) is 6. The fourth-order valence-electron chi connectivity index (χ4n) is 5.31. The van der Waals surface area contributed by atoms with E-state index in [0.29, 0.717) is 24.1 Å². The summed E-state index contributed by atoms with van der Waals surface area (Å²) in [5.41, 5.74) is 0. The Bertz CT molecular complexity index is 843. The van der Waals surface area contributed by atoms with Crippen LogP contribution in [0.1, 0.15) is 168 Å². The monoisotopic (exact) mass is 717 g/mol. The van der Waals surface area contributed by atoms with E-state index in [1.54, 1.807) is 0 Å². The third kappa shape index (κ3) is 38.1. The van der Waals surface area contributed by atoms with Crippen LogP contribution in [0, 0.1) is 0 Å². The quantitative estimate of drug-likeness (QED) is 0.0225. The summed E-state index contributed by atoms with van der Waals surface area (Å²) >= 11 is 0. The number of nitrogens with zero attached hydrogens (tertiary/aromatic N) is 1. The van der Waals surface area contributed by atoms with Gasteiger partial charge in [-0.2, -0.15) is 0 Å². The van der Waals surface area contributed by atoms with Crippen molar-refractivity contribution in [3.8, 4) is 0 Å². The second-order valence-corrected chi connectivity index (χ2v) is 16.1. The van der Waals surface area contributed by atoms with E-state index in [0.717, 1.165) is 44.9 Å². The summed E-state index contributed by atoms with van der Waals surface area (Å²) in [5.74, 6) is -0.325. The van der Waals surface area contributed by atoms with Crippen LogP contribution in [-0.2, 0) is 27.9 Å². The van der Waals surface area contributed by atoms with Crippen LogP contribution in [0.15, 0.2) is 24.3 Å². The zero-order valence-electron chi connectivity index (χ0n) is 32.7. The first-order valence-corrected chi connectivity index (χ1v) is 21.6. The number of ether oxygens (including phenoxy) is 2. The summed E-state index contributed by atoms with van der Waals surface area (Å²) in [4.78, 5) is 22.8. The van der Waals surface area contributed by atoms with Crippen molar-refractivity contribution in [2.45, 2.75) is 174 Å². The Balaban J connectivity index is 4.30. The third-order valence-corrected chi connectivity index (χ3v) is 9.47. The van der Waals surface area contributed by atoms with Crippen molar-refractivity contribution in [2.75, 3.05) is 54.1 Å². The number of carbonyl (C=O) groups is 1. The van der Waals surface area contributed by atoms with E-state index in [-0.39, 0.29) is 25.8 Å². The van der Waals surface area contributed by atoms with Gasteiger partial charge in [0, 0.05) is 13.0 Å². The lowest BCUT2D eigenvalue weighted by atomic mass is 10.1. The molecule has 0 radical (unpaired) electrons. The number of phosphoric acid groups is 1. The van der Waals surface area contributed by atoms with Crippen LogP contribution >= 0.6 is 7.82 Å². The Kier molecular flexibility index (Phi) is 33.4. The number of carbonyl (C=O) groups excluding carboxylic acids is 1. The van der Waals surface area contributed by atoms with E-state index >= 15 is 0 Å². The van der Waals surface area contributed by atoms with Crippen LogP contribution in [0.5, 0.6) is 0 Å². The summed E-state index contributed by atoms with van der Waals surface area (Å²) in [6, 6.07) is 0. The Morgan fingerprint density at radius 3 is 1.59 bits per heavy atom. The van der Waals surface area contributed by atoms with E-state index in [1.807, 2.05) is 21.1 Å². The number of esters is 1. The first-order chi connectivity index (χ1) is 23.6. The molecule has 0 aromatic rings. The van der Waals surface area contributed by atoms with Gasteiger partial charge in [-0.15, -0.1) is 0 Å². The van der Waals surface area contributed by atoms with Gasteiger partial charge in [-0.05, 0) is 64.2 Å². The highest BCUT2D eigenvalue weighted by molar-refractivity contribution is 7.47. The number of allylic oxidation sites excluding steroid dienone is 4. The molecule has 8 nitrogen and oxygen atoms in total. The molecule has 2 unspecified atom stereocenters. The van der Waals surface area contributed by atoms with Gasteiger partial charge in [0.25, 0.3) is 0 Å². The summed E-state index contributed by atoms with van der Waals surface area (Å²) in [6.07, 6.45) is 36.3. The average Bonchev–Trinajstić information content (AvgIpc) is 3.04. The van der Waals surface area contributed by atoms with Gasteiger partial charge in [-0.3, -0.25) is 13.8 Å². The van der Waals surface area contributed by atoms with Crippen LogP contribution in [-0.4, -0.2) is 75.6 Å². The van der Waals surface area contributed by atoms with Gasteiger partial charge in [0.15, 0.2) is 0 Å². The molecule has 0 fully saturated rings. The van der Waals surface area contributed by atoms with Crippen LogP contribution in [0.3, 0.4) is 0 Å². The molecule has 0 saturated carbocycles. The van der Waals surface area contributed by atoms with E-state index < -0.39 is 13.9 Å². The Hall–Kier alpha value is -1.02. The van der Waals surface area contributed by atoms with Gasteiger partial charge in [0.05, 0.1) is 34.4 Å². The van der Waals surface area contributed by atoms with E-state index in [9.17, 15) is 14.3 Å². The standard InChI is InChI=1S/C40H78NO7P/c1-6-8-10-12-14-16-18-20-21-23-25-27-29-31-33-40(42)48-39(38-47-49(43,44)46-36-34-41(3,4)5)37-45-35-32-30-28-26-24-22-19-17-15-13-11-9-7-2/h15,17-18,20,39H,6-14,16,19,21-38H2,1-5H3/p+1/b17-15-,20-18-. The molecular formula is C40H79NO7P+. The van der Waals surface area contributed by atoms with Gasteiger partial charge in [0.1, 0.15) is 19.3 Å². The molecule has 0 rings (SSSR count). The summed E-state index contributed by atoms with van der Waals surface area (Å²) in [7, 11) is 1.66. The molecule has 0 amide bonds. The normalized spacial score (nSPS) is 14.2. The molecular weight excluding hydrogens is 637 g/mol. The predicted molar refractivity (Wildman–Crippen MR) is 206 cm³/mol. The van der Waals surface area contributed by atoms with Crippen LogP contribution in [0.4, 0.5) is 0 Å². The zero-order chi connectivity index (χ0) is 36.3. The van der Waals surface area contributed by atoms with Gasteiger partial charge in [-0.1, -0.05) is 122 Å². The molecule has 49 heavy (non-hydrogen) atoms. The number of unbranched alkanes of at least 4 members (excludes halogenated alkanes) is 19. The molecule has 9 heteroatoms. The minimum atomic E-state index is -4.27. The van der Waals surface area contributed by atoms with E-state index in [2.05, 4.69) is 38.2 Å². The number of phosphoric ester groups is 1. The molecule has 1 N–H and O–H groups in total. The SMILES string of the molecule is CCCCC/C=C\CCCCCCCCOCC(COP(=O)(O)OCC[N+](C)(C)C)OC(=O)CCCCCCC/C=C\CCCCCCC. The lowest BCUT2D eigenvalue weighted by molar-refractivity contribution is -0.870. The van der Waals surface area contributed by atoms with Gasteiger partial charge >= 0.3 is 13.8 Å². The smallest absolute Gasteiger partial charge is 0.457 e. The molecule has 0 aromatic heterocycles. The van der Waals surface area contributed by atoms with E-state index in [4.69, 9.17) is 18.5 Å². The molecule has 0 aliphatic heterocycles. The van der Waals surface area contributed by atoms with Crippen LogP contribution in [0.2, 0.25) is 0 Å². The molecule has 0 heterocycles. The van der Waals surface area contributed by atoms with Gasteiger partial charge < -0.3 is 18.9 Å². The lowest BCUT2D eigenvalue weighted by Gasteiger charge is -2.24. The fourth-order valence-corrected chi connectivity index (χ4v) is 6.05.